The second-order valence-electron chi connectivity index (χ2n) is 9.17. The fourth-order valence-electron chi connectivity index (χ4n) is 4.03. The Hall–Kier alpha value is -4.73. The minimum atomic E-state index is -0.517. The van der Waals surface area contributed by atoms with E-state index >= 15 is 0 Å². The maximum absolute atomic E-state index is 12.9. The molecule has 0 aliphatic rings. The molecule has 7 heteroatoms. The lowest BCUT2D eigenvalue weighted by Gasteiger charge is -2.14. The van der Waals surface area contributed by atoms with Gasteiger partial charge >= 0.3 is 0 Å². The van der Waals surface area contributed by atoms with E-state index in [-0.39, 0.29) is 12.2 Å². The summed E-state index contributed by atoms with van der Waals surface area (Å²) < 4.78 is 17.6. The zero-order valence-electron chi connectivity index (χ0n) is 22.5. The number of ether oxygens (including phenoxy) is 3. The molecule has 6 nitrogen and oxygen atoms in total. The zero-order chi connectivity index (χ0) is 28.5. The first-order chi connectivity index (χ1) is 19.4. The highest BCUT2D eigenvalue weighted by molar-refractivity contribution is 6.30. The first kappa shape index (κ1) is 28.3. The van der Waals surface area contributed by atoms with Crippen LogP contribution in [0.2, 0.25) is 5.02 Å². The number of halogens is 1. The summed E-state index contributed by atoms with van der Waals surface area (Å²) in [6.07, 6.45) is 1.47. The topological polar surface area (TPSA) is 80.6 Å². The molecule has 4 aromatic rings. The number of nitrogens with one attached hydrogen (secondary N) is 1. The molecule has 40 heavy (non-hydrogen) atoms. The van der Waals surface area contributed by atoms with Crippen molar-refractivity contribution in [2.45, 2.75) is 27.1 Å². The van der Waals surface area contributed by atoms with Gasteiger partial charge in [-0.2, -0.15) is 5.26 Å². The summed E-state index contributed by atoms with van der Waals surface area (Å²) in [5, 5.41) is 13.0. The molecule has 4 rings (SSSR count). The number of aryl methyl sites for hydroxylation is 2. The minimum absolute atomic E-state index is 0.0753. The molecule has 0 fully saturated rings. The molecule has 0 aromatic heterocycles. The summed E-state index contributed by atoms with van der Waals surface area (Å²) in [7, 11) is 1.59. The number of anilines is 1. The maximum Gasteiger partial charge on any atom is 0.266 e. The lowest BCUT2D eigenvalue weighted by Crippen LogP contribution is -2.14. The van der Waals surface area contributed by atoms with Crippen LogP contribution in [0, 0.1) is 25.2 Å². The van der Waals surface area contributed by atoms with Gasteiger partial charge in [0.15, 0.2) is 11.5 Å². The van der Waals surface area contributed by atoms with Gasteiger partial charge in [-0.05, 0) is 73.0 Å². The lowest BCUT2D eigenvalue weighted by molar-refractivity contribution is -0.112. The Morgan fingerprint density at radius 2 is 1.60 bits per heavy atom. The largest absolute Gasteiger partial charge is 0.493 e. The van der Waals surface area contributed by atoms with Crippen molar-refractivity contribution in [2.24, 2.45) is 0 Å². The average Bonchev–Trinajstić information content (AvgIpc) is 2.96. The lowest BCUT2D eigenvalue weighted by atomic mass is 10.1. The van der Waals surface area contributed by atoms with Crippen molar-refractivity contribution in [2.75, 3.05) is 12.4 Å². The smallest absolute Gasteiger partial charge is 0.266 e. The number of amides is 1. The average molecular weight is 553 g/mol. The third kappa shape index (κ3) is 7.43. The second-order valence-corrected chi connectivity index (χ2v) is 9.61. The fourth-order valence-corrected chi connectivity index (χ4v) is 4.21. The Morgan fingerprint density at radius 1 is 0.875 bits per heavy atom. The summed E-state index contributed by atoms with van der Waals surface area (Å²) in [4.78, 5) is 12.9. The molecule has 0 saturated heterocycles. The third-order valence-electron chi connectivity index (χ3n) is 6.13. The Morgan fingerprint density at radius 3 is 2.33 bits per heavy atom. The summed E-state index contributed by atoms with van der Waals surface area (Å²) in [6, 6.07) is 28.2. The molecule has 0 radical (unpaired) electrons. The molecule has 202 valence electrons. The van der Waals surface area contributed by atoms with E-state index in [2.05, 4.69) is 5.32 Å². The van der Waals surface area contributed by atoms with Crippen LogP contribution in [0.4, 0.5) is 5.69 Å². The second kappa shape index (κ2) is 13.4. The number of hydrogen-bond acceptors (Lipinski definition) is 5. The van der Waals surface area contributed by atoms with Crippen LogP contribution in [0.25, 0.3) is 6.08 Å². The van der Waals surface area contributed by atoms with Gasteiger partial charge in [-0.25, -0.2) is 0 Å². The van der Waals surface area contributed by atoms with Crippen LogP contribution in [0.5, 0.6) is 17.2 Å². The summed E-state index contributed by atoms with van der Waals surface area (Å²) >= 11 is 6.24. The van der Waals surface area contributed by atoms with Gasteiger partial charge in [0.2, 0.25) is 0 Å². The maximum atomic E-state index is 12.9. The van der Waals surface area contributed by atoms with Gasteiger partial charge < -0.3 is 19.5 Å². The highest BCUT2D eigenvalue weighted by atomic mass is 35.5. The molecule has 0 aliphatic carbocycles. The number of nitriles is 1. The van der Waals surface area contributed by atoms with Crippen molar-refractivity contribution in [1.82, 2.24) is 0 Å². The molecule has 1 amide bonds. The first-order valence-corrected chi connectivity index (χ1v) is 13.0. The highest BCUT2D eigenvalue weighted by Crippen LogP contribution is 2.31. The third-order valence-corrected chi connectivity index (χ3v) is 6.36. The molecular formula is C33H29ClN2O4. The Bertz CT molecular complexity index is 1580. The van der Waals surface area contributed by atoms with E-state index in [1.165, 1.54) is 6.08 Å². The van der Waals surface area contributed by atoms with Gasteiger partial charge in [0.1, 0.15) is 30.6 Å². The molecule has 1 N–H and O–H groups in total. The Kier molecular flexibility index (Phi) is 9.45. The molecule has 0 bridgehead atoms. The van der Waals surface area contributed by atoms with Crippen molar-refractivity contribution in [3.63, 3.8) is 0 Å². The predicted molar refractivity (Wildman–Crippen MR) is 158 cm³/mol. The van der Waals surface area contributed by atoms with Crippen LogP contribution >= 0.6 is 11.6 Å². The van der Waals surface area contributed by atoms with E-state index < -0.39 is 5.91 Å². The van der Waals surface area contributed by atoms with E-state index in [1.54, 1.807) is 25.3 Å². The van der Waals surface area contributed by atoms with Crippen LogP contribution in [0.15, 0.2) is 90.5 Å². The molecular weight excluding hydrogens is 524 g/mol. The number of rotatable bonds is 10. The van der Waals surface area contributed by atoms with Crippen LogP contribution < -0.4 is 19.5 Å². The Labute approximate surface area is 239 Å². The van der Waals surface area contributed by atoms with Crippen molar-refractivity contribution in [3.8, 4) is 23.3 Å². The van der Waals surface area contributed by atoms with Gasteiger partial charge in [0, 0.05) is 16.3 Å². The summed E-state index contributed by atoms with van der Waals surface area (Å²) in [5.74, 6) is 1.16. The minimum Gasteiger partial charge on any atom is -0.493 e. The van der Waals surface area contributed by atoms with E-state index in [9.17, 15) is 10.1 Å². The van der Waals surface area contributed by atoms with Gasteiger partial charge in [0.25, 0.3) is 5.91 Å². The van der Waals surface area contributed by atoms with Gasteiger partial charge in [0.05, 0.1) is 7.11 Å². The standard InChI is InChI=1S/C33H29ClN2O4/c1-22-9-12-29(23(2)15-22)36-33(37)27(19-35)17-26-18-28(34)11-14-30(26)39-21-25-10-13-31(32(16-25)38-3)40-20-24-7-5-4-6-8-24/h4-18H,20-21H2,1-3H3,(H,36,37)/b27-17+. The number of methoxy groups -OCH3 is 1. The van der Waals surface area contributed by atoms with E-state index in [4.69, 9.17) is 25.8 Å². The van der Waals surface area contributed by atoms with Crippen LogP contribution in [-0.2, 0) is 18.0 Å². The molecule has 0 unspecified atom stereocenters. The monoisotopic (exact) mass is 552 g/mol. The van der Waals surface area contributed by atoms with E-state index in [0.29, 0.717) is 40.1 Å². The van der Waals surface area contributed by atoms with E-state index in [0.717, 1.165) is 22.3 Å². The predicted octanol–water partition coefficient (Wildman–Crippen LogP) is 7.67. The SMILES string of the molecule is COc1cc(COc2ccc(Cl)cc2/C=C(\C#N)C(=O)Nc2ccc(C)cc2C)ccc1OCc1ccccc1. The molecule has 0 atom stereocenters. The van der Waals surface area contributed by atoms with Crippen molar-refractivity contribution in [3.05, 3.63) is 123 Å². The molecule has 4 aromatic carbocycles. The molecule has 0 heterocycles. The Balaban J connectivity index is 1.49. The number of carbonyl (C=O) groups is 1. The summed E-state index contributed by atoms with van der Waals surface area (Å²) in [5.41, 5.74) is 4.97. The molecule has 0 spiro atoms. The van der Waals surface area contributed by atoms with Crippen molar-refractivity contribution >= 4 is 29.3 Å². The highest BCUT2D eigenvalue weighted by Gasteiger charge is 2.14. The van der Waals surface area contributed by atoms with Crippen LogP contribution in [-0.4, -0.2) is 13.0 Å². The summed E-state index contributed by atoms with van der Waals surface area (Å²) in [6.45, 7) is 4.52. The van der Waals surface area contributed by atoms with E-state index in [1.807, 2.05) is 86.6 Å². The zero-order valence-corrected chi connectivity index (χ0v) is 23.3. The van der Waals surface area contributed by atoms with Crippen LogP contribution in [0.1, 0.15) is 27.8 Å². The number of hydrogen-bond donors (Lipinski definition) is 1. The van der Waals surface area contributed by atoms with Gasteiger partial charge in [-0.1, -0.05) is 65.7 Å². The fraction of sp³-hybridized carbons (Fsp3) is 0.152. The van der Waals surface area contributed by atoms with Gasteiger partial charge in [-0.15, -0.1) is 0 Å². The van der Waals surface area contributed by atoms with Gasteiger partial charge in [-0.3, -0.25) is 4.79 Å². The normalized spacial score (nSPS) is 10.9. The van der Waals surface area contributed by atoms with Crippen molar-refractivity contribution < 1.29 is 19.0 Å². The first-order valence-electron chi connectivity index (χ1n) is 12.6. The van der Waals surface area contributed by atoms with Crippen LogP contribution in [0.3, 0.4) is 0 Å². The molecule has 0 aliphatic heterocycles. The number of carbonyl (C=O) groups excluding carboxylic acids is 1. The number of nitrogens with zero attached hydrogens (tertiary/aromatic N) is 1. The molecule has 0 saturated carbocycles. The number of benzene rings is 4. The quantitative estimate of drug-likeness (QED) is 0.161. The van der Waals surface area contributed by atoms with Crippen molar-refractivity contribution in [1.29, 1.82) is 5.26 Å².